The summed E-state index contributed by atoms with van der Waals surface area (Å²) in [5.41, 5.74) is 4.29. The minimum Gasteiger partial charge on any atom is -0.463 e. The number of nitrogens with zero attached hydrogens (tertiary/aromatic N) is 1. The van der Waals surface area contributed by atoms with Gasteiger partial charge in [-0.25, -0.2) is 4.79 Å². The summed E-state index contributed by atoms with van der Waals surface area (Å²) in [6.07, 6.45) is 7.37. The molecule has 0 N–H and O–H groups in total. The van der Waals surface area contributed by atoms with E-state index >= 15 is 0 Å². The van der Waals surface area contributed by atoms with Crippen molar-refractivity contribution in [3.05, 3.63) is 72.6 Å². The molecule has 0 aliphatic rings. The molecule has 0 aliphatic carbocycles. The first-order valence-electron chi connectivity index (χ1n) is 7.29. The summed E-state index contributed by atoms with van der Waals surface area (Å²) < 4.78 is 7.00. The van der Waals surface area contributed by atoms with Crippen molar-refractivity contribution in [3.8, 4) is 11.1 Å². The molecule has 1 aromatic carbocycles. The molecule has 0 unspecified atom stereocenters. The Morgan fingerprint density at radius 3 is 2.73 bits per heavy atom. The first kappa shape index (κ1) is 14.1. The van der Waals surface area contributed by atoms with Gasteiger partial charge in [0, 0.05) is 18.5 Å². The van der Waals surface area contributed by atoms with Crippen molar-refractivity contribution in [2.24, 2.45) is 0 Å². The number of hydrogen-bond donors (Lipinski definition) is 0. The molecular weight excluding hydrogens is 274 g/mol. The Bertz CT molecular complexity index is 816. The number of pyridine rings is 1. The standard InChI is InChI=1S/C19H17NO2/c1-2-22-19(21)11-10-16-13-17(15-7-4-3-5-8-15)14-20-12-6-9-18(16)20/h3-14H,2H2,1H3/b11-10+. The van der Waals surface area contributed by atoms with Crippen LogP contribution in [-0.4, -0.2) is 17.0 Å². The number of carbonyl (C=O) groups excluding carboxylic acids is 1. The first-order valence-corrected chi connectivity index (χ1v) is 7.29. The Morgan fingerprint density at radius 2 is 1.95 bits per heavy atom. The van der Waals surface area contributed by atoms with Gasteiger partial charge in [-0.3, -0.25) is 0 Å². The minimum atomic E-state index is -0.322. The van der Waals surface area contributed by atoms with E-state index < -0.39 is 0 Å². The van der Waals surface area contributed by atoms with Gasteiger partial charge in [0.2, 0.25) is 0 Å². The molecule has 0 fully saturated rings. The zero-order valence-corrected chi connectivity index (χ0v) is 12.4. The Balaban J connectivity index is 2.05. The number of esters is 1. The van der Waals surface area contributed by atoms with E-state index in [-0.39, 0.29) is 5.97 Å². The smallest absolute Gasteiger partial charge is 0.330 e. The summed E-state index contributed by atoms with van der Waals surface area (Å²) >= 11 is 0. The molecule has 0 bridgehead atoms. The lowest BCUT2D eigenvalue weighted by atomic mass is 10.0. The van der Waals surface area contributed by atoms with Crippen molar-refractivity contribution in [2.45, 2.75) is 6.92 Å². The number of hydrogen-bond acceptors (Lipinski definition) is 2. The monoisotopic (exact) mass is 291 g/mol. The van der Waals surface area contributed by atoms with Crippen LogP contribution in [0.1, 0.15) is 12.5 Å². The molecule has 22 heavy (non-hydrogen) atoms. The summed E-state index contributed by atoms with van der Waals surface area (Å²) in [4.78, 5) is 11.5. The highest BCUT2D eigenvalue weighted by molar-refractivity contribution is 5.89. The van der Waals surface area contributed by atoms with Crippen LogP contribution < -0.4 is 0 Å². The van der Waals surface area contributed by atoms with Crippen LogP contribution in [0.25, 0.3) is 22.7 Å². The number of benzene rings is 1. The van der Waals surface area contributed by atoms with Gasteiger partial charge in [0.05, 0.1) is 12.1 Å². The first-order chi connectivity index (χ1) is 10.8. The molecule has 0 spiro atoms. The molecule has 3 heteroatoms. The van der Waals surface area contributed by atoms with Crippen LogP contribution in [0.4, 0.5) is 0 Å². The number of carbonyl (C=O) groups is 1. The second kappa shape index (κ2) is 6.31. The van der Waals surface area contributed by atoms with Gasteiger partial charge in [0.25, 0.3) is 0 Å². The molecule has 3 rings (SSSR count). The van der Waals surface area contributed by atoms with Crippen molar-refractivity contribution in [2.75, 3.05) is 6.61 Å². The van der Waals surface area contributed by atoms with Crippen LogP contribution in [0.3, 0.4) is 0 Å². The number of ether oxygens (including phenoxy) is 1. The van der Waals surface area contributed by atoms with E-state index in [2.05, 4.69) is 28.8 Å². The average Bonchev–Trinajstić information content (AvgIpc) is 3.02. The van der Waals surface area contributed by atoms with Crippen molar-refractivity contribution in [1.82, 2.24) is 4.40 Å². The van der Waals surface area contributed by atoms with Crippen molar-refractivity contribution in [3.63, 3.8) is 0 Å². The van der Waals surface area contributed by atoms with Crippen LogP contribution in [0.5, 0.6) is 0 Å². The third-order valence-electron chi connectivity index (χ3n) is 3.46. The molecule has 0 amide bonds. The quantitative estimate of drug-likeness (QED) is 0.533. The number of fused-ring (bicyclic) bond motifs is 1. The summed E-state index contributed by atoms with van der Waals surface area (Å²) in [6.45, 7) is 2.18. The normalized spacial score (nSPS) is 11.1. The molecule has 0 atom stereocenters. The van der Waals surface area contributed by atoms with Crippen LogP contribution in [0, 0.1) is 0 Å². The molecule has 0 aliphatic heterocycles. The maximum atomic E-state index is 11.5. The fourth-order valence-electron chi connectivity index (χ4n) is 2.45. The van der Waals surface area contributed by atoms with E-state index in [4.69, 9.17) is 4.74 Å². The molecule has 0 saturated heterocycles. The number of rotatable bonds is 4. The molecule has 0 radical (unpaired) electrons. The maximum Gasteiger partial charge on any atom is 0.330 e. The van der Waals surface area contributed by atoms with E-state index in [0.29, 0.717) is 6.61 Å². The van der Waals surface area contributed by atoms with Crippen molar-refractivity contribution >= 4 is 17.6 Å². The SMILES string of the molecule is CCOC(=O)/C=C/c1cc(-c2ccccc2)cn2cccc12. The Hall–Kier alpha value is -2.81. The van der Waals surface area contributed by atoms with Gasteiger partial charge in [-0.1, -0.05) is 30.3 Å². The van der Waals surface area contributed by atoms with E-state index in [1.165, 1.54) is 6.08 Å². The van der Waals surface area contributed by atoms with Crippen LogP contribution in [-0.2, 0) is 9.53 Å². The molecule has 110 valence electrons. The molecule has 3 aromatic rings. The number of aromatic nitrogens is 1. The highest BCUT2D eigenvalue weighted by atomic mass is 16.5. The van der Waals surface area contributed by atoms with E-state index in [0.717, 1.165) is 22.2 Å². The molecule has 2 heterocycles. The van der Waals surface area contributed by atoms with Crippen LogP contribution in [0.15, 0.2) is 67.0 Å². The van der Waals surface area contributed by atoms with Gasteiger partial charge in [0.1, 0.15) is 0 Å². The maximum absolute atomic E-state index is 11.5. The predicted octanol–water partition coefficient (Wildman–Crippen LogP) is 4.18. The second-order valence-electron chi connectivity index (χ2n) is 4.94. The van der Waals surface area contributed by atoms with Gasteiger partial charge in [0.15, 0.2) is 0 Å². The Morgan fingerprint density at radius 1 is 1.14 bits per heavy atom. The Kier molecular flexibility index (Phi) is 4.05. The van der Waals surface area contributed by atoms with Gasteiger partial charge in [-0.2, -0.15) is 0 Å². The van der Waals surface area contributed by atoms with Gasteiger partial charge < -0.3 is 9.14 Å². The van der Waals surface area contributed by atoms with Crippen LogP contribution >= 0.6 is 0 Å². The van der Waals surface area contributed by atoms with E-state index in [1.807, 2.05) is 36.5 Å². The summed E-state index contributed by atoms with van der Waals surface area (Å²) in [5.74, 6) is -0.322. The zero-order valence-electron chi connectivity index (χ0n) is 12.4. The molecule has 0 saturated carbocycles. The zero-order chi connectivity index (χ0) is 15.4. The fourth-order valence-corrected chi connectivity index (χ4v) is 2.45. The van der Waals surface area contributed by atoms with E-state index in [9.17, 15) is 4.79 Å². The Labute approximate surface area is 129 Å². The van der Waals surface area contributed by atoms with Gasteiger partial charge in [-0.15, -0.1) is 0 Å². The van der Waals surface area contributed by atoms with E-state index in [1.54, 1.807) is 13.0 Å². The fraction of sp³-hybridized carbons (Fsp3) is 0.105. The molecule has 3 nitrogen and oxygen atoms in total. The third-order valence-corrected chi connectivity index (χ3v) is 3.46. The lowest BCUT2D eigenvalue weighted by Gasteiger charge is -2.07. The average molecular weight is 291 g/mol. The van der Waals surface area contributed by atoms with Crippen molar-refractivity contribution < 1.29 is 9.53 Å². The van der Waals surface area contributed by atoms with Crippen molar-refractivity contribution in [1.29, 1.82) is 0 Å². The summed E-state index contributed by atoms with van der Waals surface area (Å²) in [6, 6.07) is 16.3. The predicted molar refractivity (Wildman–Crippen MR) is 88.5 cm³/mol. The van der Waals surface area contributed by atoms with Gasteiger partial charge in [-0.05, 0) is 47.9 Å². The highest BCUT2D eigenvalue weighted by Crippen LogP contribution is 2.24. The topological polar surface area (TPSA) is 30.7 Å². The van der Waals surface area contributed by atoms with Crippen LogP contribution in [0.2, 0.25) is 0 Å². The third kappa shape index (κ3) is 2.93. The summed E-state index contributed by atoms with van der Waals surface area (Å²) in [5, 5.41) is 0. The minimum absolute atomic E-state index is 0.322. The molecular formula is C19H17NO2. The lowest BCUT2D eigenvalue weighted by molar-refractivity contribution is -0.137. The molecule has 2 aromatic heterocycles. The highest BCUT2D eigenvalue weighted by Gasteiger charge is 2.04. The second-order valence-corrected chi connectivity index (χ2v) is 4.94. The largest absolute Gasteiger partial charge is 0.463 e. The lowest BCUT2D eigenvalue weighted by Crippen LogP contribution is -1.98. The summed E-state index contributed by atoms with van der Waals surface area (Å²) in [7, 11) is 0. The van der Waals surface area contributed by atoms with Gasteiger partial charge >= 0.3 is 5.97 Å².